The molecule has 7 heteroatoms. The maximum Gasteiger partial charge on any atom is 0.193 e. The van der Waals surface area contributed by atoms with Gasteiger partial charge in [-0.2, -0.15) is 0 Å². The zero-order valence-electron chi connectivity index (χ0n) is 19.3. The summed E-state index contributed by atoms with van der Waals surface area (Å²) in [6.45, 7) is 6.68. The number of imidazole rings is 1. The molecule has 3 aromatic rings. The van der Waals surface area contributed by atoms with E-state index in [0.29, 0.717) is 12.0 Å². The van der Waals surface area contributed by atoms with Gasteiger partial charge in [0.15, 0.2) is 5.96 Å². The van der Waals surface area contributed by atoms with Crippen molar-refractivity contribution in [3.63, 3.8) is 0 Å². The van der Waals surface area contributed by atoms with Crippen LogP contribution in [0.1, 0.15) is 36.3 Å². The van der Waals surface area contributed by atoms with E-state index in [0.717, 1.165) is 50.9 Å². The Morgan fingerprint density at radius 2 is 2.06 bits per heavy atom. The number of rotatable bonds is 7. The molecule has 32 heavy (non-hydrogen) atoms. The van der Waals surface area contributed by atoms with Crippen molar-refractivity contribution in [1.29, 1.82) is 0 Å². The molecule has 2 aromatic heterocycles. The van der Waals surface area contributed by atoms with Crippen LogP contribution in [0.4, 0.5) is 0 Å². The van der Waals surface area contributed by atoms with Gasteiger partial charge in [0.25, 0.3) is 0 Å². The van der Waals surface area contributed by atoms with E-state index in [1.54, 1.807) is 6.26 Å². The van der Waals surface area contributed by atoms with Crippen LogP contribution in [0, 0.1) is 5.92 Å². The number of nitrogens with one attached hydrogen (secondary N) is 1. The first kappa shape index (κ1) is 22.1. The third kappa shape index (κ3) is 5.40. The second-order valence-electron chi connectivity index (χ2n) is 8.71. The van der Waals surface area contributed by atoms with Crippen molar-refractivity contribution in [3.8, 4) is 0 Å². The van der Waals surface area contributed by atoms with Gasteiger partial charge in [0, 0.05) is 45.6 Å². The molecule has 1 fully saturated rings. The summed E-state index contributed by atoms with van der Waals surface area (Å²) in [5.74, 6) is 2.56. The first-order valence-electron chi connectivity index (χ1n) is 11.3. The minimum absolute atomic E-state index is 0.410. The van der Waals surface area contributed by atoms with Crippen molar-refractivity contribution in [2.75, 3.05) is 27.2 Å². The van der Waals surface area contributed by atoms with Crippen LogP contribution in [0.25, 0.3) is 0 Å². The number of piperidine rings is 1. The fourth-order valence-corrected chi connectivity index (χ4v) is 4.50. The fourth-order valence-electron chi connectivity index (χ4n) is 4.50. The summed E-state index contributed by atoms with van der Waals surface area (Å²) in [4.78, 5) is 13.5. The first-order chi connectivity index (χ1) is 15.6. The molecule has 0 aliphatic carbocycles. The van der Waals surface area contributed by atoms with Crippen molar-refractivity contribution in [1.82, 2.24) is 24.7 Å². The molecule has 7 nitrogen and oxygen atoms in total. The highest BCUT2D eigenvalue weighted by molar-refractivity contribution is 5.80. The number of aliphatic imine (C=N–C) groups is 1. The number of nitrogens with zero attached hydrogens (tertiary/aromatic N) is 5. The van der Waals surface area contributed by atoms with Crippen LogP contribution in [0.3, 0.4) is 0 Å². The largest absolute Gasteiger partial charge is 0.468 e. The fraction of sp³-hybridized carbons (Fsp3) is 0.440. The van der Waals surface area contributed by atoms with Crippen LogP contribution in [-0.2, 0) is 19.6 Å². The van der Waals surface area contributed by atoms with Crippen LogP contribution >= 0.6 is 0 Å². The van der Waals surface area contributed by atoms with Crippen LogP contribution in [0.5, 0.6) is 0 Å². The molecule has 4 rings (SSSR count). The number of likely N-dealkylation sites (tertiary alicyclic amines) is 1. The number of hydrogen-bond acceptors (Lipinski definition) is 4. The molecule has 1 N–H and O–H groups in total. The van der Waals surface area contributed by atoms with Crippen LogP contribution in [-0.4, -0.2) is 52.5 Å². The van der Waals surface area contributed by atoms with Crippen molar-refractivity contribution < 1.29 is 4.42 Å². The molecule has 1 aliphatic heterocycles. The molecular weight excluding hydrogens is 400 g/mol. The van der Waals surface area contributed by atoms with E-state index in [1.165, 1.54) is 11.1 Å². The SMILES string of the molecule is CN=C(NCc1ccccc1CN(C)Cc1ccco1)N1CCC(C)C(n2ccnc2)C1. The summed E-state index contributed by atoms with van der Waals surface area (Å²) in [7, 11) is 3.99. The Kier molecular flexibility index (Phi) is 7.27. The summed E-state index contributed by atoms with van der Waals surface area (Å²) >= 11 is 0. The normalized spacial score (nSPS) is 19.5. The maximum absolute atomic E-state index is 5.49. The van der Waals surface area contributed by atoms with Gasteiger partial charge in [-0.05, 0) is 42.6 Å². The summed E-state index contributed by atoms with van der Waals surface area (Å²) < 4.78 is 7.73. The quantitative estimate of drug-likeness (QED) is 0.453. The molecule has 0 amide bonds. The van der Waals surface area contributed by atoms with E-state index in [1.807, 2.05) is 31.7 Å². The van der Waals surface area contributed by atoms with Crippen molar-refractivity contribution >= 4 is 5.96 Å². The Bertz CT molecular complexity index is 982. The van der Waals surface area contributed by atoms with Gasteiger partial charge >= 0.3 is 0 Å². The monoisotopic (exact) mass is 434 g/mol. The number of guanidine groups is 1. The Morgan fingerprint density at radius 3 is 2.78 bits per heavy atom. The highest BCUT2D eigenvalue weighted by atomic mass is 16.3. The van der Waals surface area contributed by atoms with Gasteiger partial charge in [0.05, 0.1) is 25.2 Å². The zero-order chi connectivity index (χ0) is 22.3. The van der Waals surface area contributed by atoms with Crippen molar-refractivity contribution in [2.24, 2.45) is 10.9 Å². The van der Waals surface area contributed by atoms with E-state index < -0.39 is 0 Å². The molecule has 0 saturated carbocycles. The predicted molar refractivity (Wildman–Crippen MR) is 127 cm³/mol. The lowest BCUT2D eigenvalue weighted by Gasteiger charge is -2.39. The molecule has 1 aliphatic rings. The minimum atomic E-state index is 0.410. The first-order valence-corrected chi connectivity index (χ1v) is 11.3. The standard InChI is InChI=1S/C25H34N6O/c1-20-10-12-30(18-24(20)31-13-11-27-19-31)25(26-2)28-15-21-7-4-5-8-22(21)16-29(3)17-23-9-6-14-32-23/h4-9,11,13-14,19-20,24H,10,12,15-18H2,1-3H3,(H,26,28). The Morgan fingerprint density at radius 1 is 1.22 bits per heavy atom. The second kappa shape index (κ2) is 10.5. The van der Waals surface area contributed by atoms with E-state index in [2.05, 4.69) is 74.1 Å². The molecule has 2 atom stereocenters. The molecule has 1 saturated heterocycles. The highest BCUT2D eigenvalue weighted by Gasteiger charge is 2.28. The van der Waals surface area contributed by atoms with Crippen molar-refractivity contribution in [2.45, 2.75) is 39.0 Å². The molecule has 0 radical (unpaired) electrons. The van der Waals surface area contributed by atoms with E-state index >= 15 is 0 Å². The van der Waals surface area contributed by atoms with Gasteiger partial charge in [-0.25, -0.2) is 4.98 Å². The van der Waals surface area contributed by atoms with E-state index in [-0.39, 0.29) is 0 Å². The molecule has 1 aromatic carbocycles. The summed E-state index contributed by atoms with van der Waals surface area (Å²) in [6, 6.07) is 13.0. The number of benzene rings is 1. The average molecular weight is 435 g/mol. The van der Waals surface area contributed by atoms with Crippen LogP contribution in [0.15, 0.2) is 70.8 Å². The molecule has 0 spiro atoms. The average Bonchev–Trinajstić information content (AvgIpc) is 3.50. The number of aromatic nitrogens is 2. The van der Waals surface area contributed by atoms with Gasteiger partial charge in [0.2, 0.25) is 0 Å². The van der Waals surface area contributed by atoms with E-state index in [4.69, 9.17) is 4.42 Å². The highest BCUT2D eigenvalue weighted by Crippen LogP contribution is 2.27. The minimum Gasteiger partial charge on any atom is -0.468 e. The molecule has 170 valence electrons. The Labute approximate surface area is 190 Å². The number of furan rings is 1. The molecule has 3 heterocycles. The lowest BCUT2D eigenvalue weighted by atomic mass is 9.93. The third-order valence-corrected chi connectivity index (χ3v) is 6.34. The van der Waals surface area contributed by atoms with Gasteiger partial charge in [-0.3, -0.25) is 9.89 Å². The Hall–Kier alpha value is -3.06. The summed E-state index contributed by atoms with van der Waals surface area (Å²) in [6.07, 6.45) is 8.72. The van der Waals surface area contributed by atoms with Crippen molar-refractivity contribution in [3.05, 3.63) is 78.3 Å². The lowest BCUT2D eigenvalue weighted by molar-refractivity contribution is 0.189. The van der Waals surface area contributed by atoms with Gasteiger partial charge in [-0.1, -0.05) is 31.2 Å². The Balaban J connectivity index is 1.38. The van der Waals surface area contributed by atoms with Crippen LogP contribution in [0.2, 0.25) is 0 Å². The summed E-state index contributed by atoms with van der Waals surface area (Å²) in [5, 5.41) is 3.61. The topological polar surface area (TPSA) is 61.8 Å². The van der Waals surface area contributed by atoms with Crippen LogP contribution < -0.4 is 5.32 Å². The van der Waals surface area contributed by atoms with Gasteiger partial charge in [0.1, 0.15) is 5.76 Å². The molecular formula is C25H34N6O. The maximum atomic E-state index is 5.49. The smallest absolute Gasteiger partial charge is 0.193 e. The second-order valence-corrected chi connectivity index (χ2v) is 8.71. The van der Waals surface area contributed by atoms with E-state index in [9.17, 15) is 0 Å². The summed E-state index contributed by atoms with van der Waals surface area (Å²) in [5.41, 5.74) is 2.60. The van der Waals surface area contributed by atoms with Gasteiger partial charge in [-0.15, -0.1) is 0 Å². The van der Waals surface area contributed by atoms with Gasteiger partial charge < -0.3 is 19.2 Å². The molecule has 2 unspecified atom stereocenters. The number of hydrogen-bond donors (Lipinski definition) is 1. The predicted octanol–water partition coefficient (Wildman–Crippen LogP) is 3.77. The third-order valence-electron chi connectivity index (χ3n) is 6.34. The zero-order valence-corrected chi connectivity index (χ0v) is 19.3. The molecule has 0 bridgehead atoms. The lowest BCUT2D eigenvalue weighted by Crippen LogP contribution is -2.48.